The molecule has 6 rings (SSSR count). The molecule has 0 bridgehead atoms. The third kappa shape index (κ3) is 4.06. The van der Waals surface area contributed by atoms with Crippen molar-refractivity contribution in [1.29, 1.82) is 0 Å². The molecule has 0 aliphatic carbocycles. The van der Waals surface area contributed by atoms with Crippen LogP contribution in [0.3, 0.4) is 0 Å². The number of nitrogens with two attached hydrogens (primary N) is 1. The van der Waals surface area contributed by atoms with Crippen molar-refractivity contribution in [3.05, 3.63) is 23.5 Å². The Labute approximate surface area is 200 Å². The van der Waals surface area contributed by atoms with E-state index in [9.17, 15) is 4.79 Å². The lowest BCUT2D eigenvalue weighted by Crippen LogP contribution is -2.48. The van der Waals surface area contributed by atoms with E-state index in [1.165, 1.54) is 0 Å². The van der Waals surface area contributed by atoms with Crippen LogP contribution in [0.2, 0.25) is 0 Å². The van der Waals surface area contributed by atoms with Crippen molar-refractivity contribution in [3.63, 3.8) is 0 Å². The van der Waals surface area contributed by atoms with Gasteiger partial charge in [0.1, 0.15) is 11.9 Å². The van der Waals surface area contributed by atoms with Crippen molar-refractivity contribution in [2.45, 2.75) is 82.1 Å². The van der Waals surface area contributed by atoms with Crippen LogP contribution in [-0.2, 0) is 9.53 Å². The van der Waals surface area contributed by atoms with Crippen LogP contribution in [0.4, 0.5) is 5.82 Å². The Balaban J connectivity index is 1.22. The zero-order valence-electron chi connectivity index (χ0n) is 19.9. The number of nitrogens with zero attached hydrogens (tertiary/aromatic N) is 5. The molecule has 0 spiro atoms. The summed E-state index contributed by atoms with van der Waals surface area (Å²) < 4.78 is 7.70. The molecule has 4 fully saturated rings. The lowest BCUT2D eigenvalue weighted by Gasteiger charge is -2.36. The van der Waals surface area contributed by atoms with Gasteiger partial charge >= 0.3 is 0 Å². The molecule has 6 heterocycles. The normalized spacial score (nSPS) is 32.2. The number of amides is 1. The number of fused-ring (bicyclic) bond motifs is 1. The smallest absolute Gasteiger partial charge is 0.241 e. The highest BCUT2D eigenvalue weighted by molar-refractivity contribution is 5.82. The second kappa shape index (κ2) is 9.07. The summed E-state index contributed by atoms with van der Waals surface area (Å²) in [5, 5.41) is 4.88. The van der Waals surface area contributed by atoms with Gasteiger partial charge < -0.3 is 20.3 Å². The van der Waals surface area contributed by atoms with Gasteiger partial charge in [0.15, 0.2) is 5.65 Å². The van der Waals surface area contributed by atoms with E-state index >= 15 is 0 Å². The van der Waals surface area contributed by atoms with Crippen molar-refractivity contribution in [1.82, 2.24) is 30.3 Å². The molecule has 4 aliphatic rings. The predicted octanol–water partition coefficient (Wildman–Crippen LogP) is 1.04. The van der Waals surface area contributed by atoms with E-state index in [4.69, 9.17) is 20.6 Å². The number of piperidine rings is 1. The first-order chi connectivity index (χ1) is 16.6. The van der Waals surface area contributed by atoms with Crippen LogP contribution < -0.4 is 21.5 Å². The zero-order valence-corrected chi connectivity index (χ0v) is 19.9. The second-order valence-corrected chi connectivity index (χ2v) is 10.4. The molecule has 4 N–H and O–H groups in total. The second-order valence-electron chi connectivity index (χ2n) is 10.4. The summed E-state index contributed by atoms with van der Waals surface area (Å²) in [4.78, 5) is 22.8. The predicted molar refractivity (Wildman–Crippen MR) is 128 cm³/mol. The van der Waals surface area contributed by atoms with Crippen LogP contribution in [0.25, 0.3) is 5.65 Å². The fourth-order valence-corrected chi connectivity index (χ4v) is 6.09. The molecule has 184 valence electrons. The summed E-state index contributed by atoms with van der Waals surface area (Å²) in [5.41, 5.74) is 15.5. The van der Waals surface area contributed by atoms with Crippen LogP contribution in [0, 0.1) is 6.92 Å². The molecule has 3 unspecified atom stereocenters. The highest BCUT2D eigenvalue weighted by Gasteiger charge is 2.40. The lowest BCUT2D eigenvalue weighted by molar-refractivity contribution is -0.137. The Hall–Kier alpha value is -2.27. The van der Waals surface area contributed by atoms with Gasteiger partial charge in [0.2, 0.25) is 5.91 Å². The van der Waals surface area contributed by atoms with Crippen LogP contribution >= 0.6 is 0 Å². The van der Waals surface area contributed by atoms with E-state index in [0.29, 0.717) is 0 Å². The van der Waals surface area contributed by atoms with Crippen LogP contribution in [0.1, 0.15) is 62.2 Å². The van der Waals surface area contributed by atoms with E-state index in [2.05, 4.69) is 34.9 Å². The summed E-state index contributed by atoms with van der Waals surface area (Å²) in [6, 6.07) is 2.22. The number of aromatic nitrogens is 3. The largest absolute Gasteiger partial charge is 0.377 e. The van der Waals surface area contributed by atoms with Crippen LogP contribution in [0.15, 0.2) is 12.3 Å². The Morgan fingerprint density at radius 3 is 2.88 bits per heavy atom. The van der Waals surface area contributed by atoms with Crippen molar-refractivity contribution < 1.29 is 9.53 Å². The summed E-state index contributed by atoms with van der Waals surface area (Å²) in [6.07, 6.45) is 9.23. The number of ether oxygens (including phenoxy) is 1. The maximum absolute atomic E-state index is 13.6. The average molecular weight is 469 g/mol. The average Bonchev–Trinajstić information content (AvgIpc) is 3.64. The van der Waals surface area contributed by atoms with E-state index < -0.39 is 0 Å². The molecular formula is C24H36N8O2. The van der Waals surface area contributed by atoms with Crippen molar-refractivity contribution >= 4 is 17.4 Å². The highest BCUT2D eigenvalue weighted by atomic mass is 16.5. The molecule has 2 aromatic heterocycles. The van der Waals surface area contributed by atoms with Crippen LogP contribution in [-0.4, -0.2) is 75.9 Å². The number of aryl methyl sites for hydroxylation is 1. The molecule has 0 radical (unpaired) electrons. The number of carbonyl (C=O) groups is 1. The highest BCUT2D eigenvalue weighted by Crippen LogP contribution is 2.33. The lowest BCUT2D eigenvalue weighted by atomic mass is 9.96. The number of rotatable bonds is 4. The molecule has 10 nitrogen and oxygen atoms in total. The van der Waals surface area contributed by atoms with Gasteiger partial charge in [-0.1, -0.05) is 0 Å². The number of hydrogen-bond acceptors (Lipinski definition) is 8. The summed E-state index contributed by atoms with van der Waals surface area (Å²) >= 11 is 0. The van der Waals surface area contributed by atoms with Gasteiger partial charge in [0.25, 0.3) is 0 Å². The maximum Gasteiger partial charge on any atom is 0.241 e. The Morgan fingerprint density at radius 1 is 1.18 bits per heavy atom. The molecule has 0 saturated carbocycles. The van der Waals surface area contributed by atoms with Crippen molar-refractivity contribution in [3.8, 4) is 0 Å². The summed E-state index contributed by atoms with van der Waals surface area (Å²) in [5.74, 6) is 1.15. The molecule has 5 atom stereocenters. The molecule has 1 amide bonds. The molecule has 4 saturated heterocycles. The van der Waals surface area contributed by atoms with E-state index in [1.54, 1.807) is 0 Å². The Kier molecular flexibility index (Phi) is 5.92. The first-order valence-electron chi connectivity index (χ1n) is 12.9. The standard InChI is InChI=1S/C24H36N8O2/c1-15-13-32-22(26-23(15)30-9-7-16(25)14-30)12-17(29-32)20-5-2-3-8-31(20)24(33)19-11-18(27-28-19)21-6-4-10-34-21/h12-13,16,18-21,27-28H,2-11,14,25H2,1H3/t16-,18?,19?,20-,21?/m0/s1. The van der Waals surface area contributed by atoms with Gasteiger partial charge in [-0.2, -0.15) is 5.10 Å². The molecular weight excluding hydrogens is 432 g/mol. The minimum Gasteiger partial charge on any atom is -0.377 e. The summed E-state index contributed by atoms with van der Waals surface area (Å²) in [6.45, 7) is 5.44. The number of anilines is 1. The third-order valence-electron chi connectivity index (χ3n) is 7.92. The van der Waals surface area contributed by atoms with Gasteiger partial charge in [-0.05, 0) is 51.9 Å². The van der Waals surface area contributed by atoms with Crippen molar-refractivity contribution in [2.24, 2.45) is 5.73 Å². The van der Waals surface area contributed by atoms with E-state index in [-0.39, 0.29) is 36.2 Å². The molecule has 4 aliphatic heterocycles. The SMILES string of the molecule is Cc1cn2nc([C@@H]3CCCCN3C(=O)C3CC(C4CCCO4)NN3)cc2nc1N1CC[C@H](N)C1. The summed E-state index contributed by atoms with van der Waals surface area (Å²) in [7, 11) is 0. The van der Waals surface area contributed by atoms with Crippen LogP contribution in [0.5, 0.6) is 0 Å². The quantitative estimate of drug-likeness (QED) is 0.610. The molecule has 2 aromatic rings. The number of hydrogen-bond donors (Lipinski definition) is 3. The van der Waals surface area contributed by atoms with Crippen molar-refractivity contribution in [2.75, 3.05) is 31.1 Å². The Bertz CT molecular complexity index is 1050. The van der Waals surface area contributed by atoms with E-state index in [1.807, 2.05) is 9.42 Å². The fourth-order valence-electron chi connectivity index (χ4n) is 6.09. The van der Waals surface area contributed by atoms with E-state index in [0.717, 1.165) is 93.9 Å². The number of carbonyl (C=O) groups excluding carboxylic acids is 1. The number of likely N-dealkylation sites (tertiary alicyclic amines) is 1. The van der Waals surface area contributed by atoms with Gasteiger partial charge in [0, 0.05) is 56.2 Å². The van der Waals surface area contributed by atoms with Gasteiger partial charge in [0.05, 0.1) is 17.8 Å². The fraction of sp³-hybridized carbons (Fsp3) is 0.708. The number of nitrogens with one attached hydrogen (secondary N) is 2. The maximum atomic E-state index is 13.6. The third-order valence-corrected chi connectivity index (χ3v) is 7.92. The minimum atomic E-state index is -0.224. The van der Waals surface area contributed by atoms with Gasteiger partial charge in [-0.15, -0.1) is 0 Å². The zero-order chi connectivity index (χ0) is 23.2. The number of hydrazine groups is 1. The van der Waals surface area contributed by atoms with Gasteiger partial charge in [-0.3, -0.25) is 10.2 Å². The first kappa shape index (κ1) is 22.2. The topological polar surface area (TPSA) is 113 Å². The molecule has 10 heteroatoms. The molecule has 34 heavy (non-hydrogen) atoms. The minimum absolute atomic E-state index is 0.0181. The molecule has 0 aromatic carbocycles. The first-order valence-corrected chi connectivity index (χ1v) is 12.9. The Morgan fingerprint density at radius 2 is 2.09 bits per heavy atom. The van der Waals surface area contributed by atoms with Gasteiger partial charge in [-0.25, -0.2) is 14.9 Å². The monoisotopic (exact) mass is 468 g/mol.